The number of esters is 1. The maximum absolute atomic E-state index is 10.4. The van der Waals surface area contributed by atoms with E-state index in [9.17, 15) is 4.79 Å². The maximum atomic E-state index is 10.4. The molecule has 9 heavy (non-hydrogen) atoms. The summed E-state index contributed by atoms with van der Waals surface area (Å²) in [6.45, 7) is 6.58. The molecular weight excluding hydrogens is 116 g/mol. The second-order valence-electron chi connectivity index (χ2n) is 1.20. The molecule has 48 valence electrons. The zero-order valence-electron chi connectivity index (χ0n) is 5.04. The standard InChI is InChI=1S/C7H8O2/c1-3-5-6-7(8)9-4-2/h3-6H,1-2H2. The minimum Gasteiger partial charge on any atom is -0.432 e. The van der Waals surface area contributed by atoms with E-state index in [2.05, 4.69) is 17.9 Å². The van der Waals surface area contributed by atoms with Crippen molar-refractivity contribution in [1.82, 2.24) is 0 Å². The first-order chi connectivity index (χ1) is 4.31. The molecule has 0 saturated heterocycles. The smallest absolute Gasteiger partial charge is 0.335 e. The Hall–Kier alpha value is -1.31. The highest BCUT2D eigenvalue weighted by Gasteiger charge is 1.87. The first kappa shape index (κ1) is 7.69. The van der Waals surface area contributed by atoms with Gasteiger partial charge in [0.15, 0.2) is 0 Å². The fraction of sp³-hybridized carbons (Fsp3) is 0. The van der Waals surface area contributed by atoms with E-state index in [1.807, 2.05) is 0 Å². The maximum Gasteiger partial charge on any atom is 0.335 e. The van der Waals surface area contributed by atoms with Crippen molar-refractivity contribution in [3.05, 3.63) is 37.6 Å². The van der Waals surface area contributed by atoms with Crippen LogP contribution in [0.1, 0.15) is 0 Å². The summed E-state index contributed by atoms with van der Waals surface area (Å²) in [6.07, 6.45) is 5.32. The van der Waals surface area contributed by atoms with E-state index in [4.69, 9.17) is 0 Å². The van der Waals surface area contributed by atoms with Crippen LogP contribution in [0.5, 0.6) is 0 Å². The monoisotopic (exact) mass is 124 g/mol. The predicted octanol–water partition coefficient (Wildman–Crippen LogP) is 1.42. The molecular formula is C7H8O2. The fourth-order valence-electron chi connectivity index (χ4n) is 0.268. The molecule has 0 aliphatic heterocycles. The first-order valence-electron chi connectivity index (χ1n) is 2.42. The Kier molecular flexibility index (Phi) is 4.14. The molecule has 0 spiro atoms. The van der Waals surface area contributed by atoms with Gasteiger partial charge in [0.1, 0.15) is 0 Å². The number of rotatable bonds is 3. The Bertz CT molecular complexity index is 145. The molecule has 0 aromatic carbocycles. The summed E-state index contributed by atoms with van der Waals surface area (Å²) < 4.78 is 4.33. The van der Waals surface area contributed by atoms with Gasteiger partial charge >= 0.3 is 5.97 Å². The summed E-state index contributed by atoms with van der Waals surface area (Å²) in [6, 6.07) is 0. The molecule has 0 unspecified atom stereocenters. The molecule has 0 fully saturated rings. The lowest BCUT2D eigenvalue weighted by Crippen LogP contribution is -1.91. The third-order valence-electron chi connectivity index (χ3n) is 0.568. The zero-order chi connectivity index (χ0) is 7.11. The van der Waals surface area contributed by atoms with E-state index < -0.39 is 5.97 Å². The lowest BCUT2D eigenvalue weighted by atomic mass is 10.5. The van der Waals surface area contributed by atoms with Gasteiger partial charge in [-0.2, -0.15) is 0 Å². The van der Waals surface area contributed by atoms with E-state index in [1.165, 1.54) is 18.2 Å². The molecule has 2 nitrogen and oxygen atoms in total. The number of hydrogen-bond donors (Lipinski definition) is 0. The highest BCUT2D eigenvalue weighted by molar-refractivity contribution is 5.82. The van der Waals surface area contributed by atoms with Crippen LogP contribution in [0.25, 0.3) is 0 Å². The average Bonchev–Trinajstić information content (AvgIpc) is 1.85. The van der Waals surface area contributed by atoms with E-state index in [1.54, 1.807) is 0 Å². The minimum absolute atomic E-state index is 0.440. The van der Waals surface area contributed by atoms with Gasteiger partial charge in [-0.15, -0.1) is 0 Å². The summed E-state index contributed by atoms with van der Waals surface area (Å²) in [7, 11) is 0. The van der Waals surface area contributed by atoms with Crippen molar-refractivity contribution in [2.75, 3.05) is 0 Å². The Balaban J connectivity index is 3.61. The van der Waals surface area contributed by atoms with E-state index in [0.29, 0.717) is 0 Å². The van der Waals surface area contributed by atoms with Gasteiger partial charge in [0.25, 0.3) is 0 Å². The van der Waals surface area contributed by atoms with Gasteiger partial charge in [0.2, 0.25) is 0 Å². The molecule has 0 aromatic heterocycles. The summed E-state index contributed by atoms with van der Waals surface area (Å²) in [5.41, 5.74) is 0. The predicted molar refractivity (Wildman–Crippen MR) is 35.6 cm³/mol. The van der Waals surface area contributed by atoms with Crippen LogP contribution in [-0.2, 0) is 9.53 Å². The molecule has 0 amide bonds. The van der Waals surface area contributed by atoms with Crippen LogP contribution in [0.3, 0.4) is 0 Å². The van der Waals surface area contributed by atoms with Crippen molar-refractivity contribution in [2.45, 2.75) is 0 Å². The number of ether oxygens (including phenoxy) is 1. The van der Waals surface area contributed by atoms with Crippen molar-refractivity contribution in [2.24, 2.45) is 0 Å². The molecule has 0 N–H and O–H groups in total. The third kappa shape index (κ3) is 4.55. The van der Waals surface area contributed by atoms with Gasteiger partial charge in [-0.3, -0.25) is 0 Å². The van der Waals surface area contributed by atoms with Crippen LogP contribution in [-0.4, -0.2) is 5.97 Å². The van der Waals surface area contributed by atoms with Gasteiger partial charge in [-0.1, -0.05) is 25.3 Å². The second kappa shape index (κ2) is 4.84. The van der Waals surface area contributed by atoms with Crippen LogP contribution in [0.2, 0.25) is 0 Å². The Morgan fingerprint density at radius 2 is 2.11 bits per heavy atom. The van der Waals surface area contributed by atoms with Crippen LogP contribution < -0.4 is 0 Å². The molecule has 0 atom stereocenters. The number of carbonyl (C=O) groups excluding carboxylic acids is 1. The highest BCUT2D eigenvalue weighted by Crippen LogP contribution is 1.80. The van der Waals surface area contributed by atoms with Crippen molar-refractivity contribution >= 4 is 5.97 Å². The average molecular weight is 124 g/mol. The normalized spacial score (nSPS) is 8.89. The summed E-state index contributed by atoms with van der Waals surface area (Å²) in [4.78, 5) is 10.4. The fourth-order valence-corrected chi connectivity index (χ4v) is 0.268. The van der Waals surface area contributed by atoms with Crippen LogP contribution >= 0.6 is 0 Å². The van der Waals surface area contributed by atoms with Crippen molar-refractivity contribution < 1.29 is 9.53 Å². The first-order valence-corrected chi connectivity index (χ1v) is 2.42. The quantitative estimate of drug-likeness (QED) is 0.246. The molecule has 0 aliphatic carbocycles. The second-order valence-corrected chi connectivity index (χ2v) is 1.20. The largest absolute Gasteiger partial charge is 0.432 e. The number of allylic oxidation sites excluding steroid dienone is 2. The van der Waals surface area contributed by atoms with Gasteiger partial charge in [0.05, 0.1) is 6.26 Å². The van der Waals surface area contributed by atoms with E-state index in [0.717, 1.165) is 6.26 Å². The zero-order valence-corrected chi connectivity index (χ0v) is 5.04. The molecule has 0 saturated carbocycles. The Labute approximate surface area is 54.1 Å². The SMILES string of the molecule is C=CC=CC(=O)OC=C. The van der Waals surface area contributed by atoms with Gasteiger partial charge in [-0.05, 0) is 0 Å². The van der Waals surface area contributed by atoms with Crippen LogP contribution in [0.4, 0.5) is 0 Å². The van der Waals surface area contributed by atoms with E-state index >= 15 is 0 Å². The summed E-state index contributed by atoms with van der Waals surface area (Å²) in [5, 5.41) is 0. The summed E-state index contributed by atoms with van der Waals surface area (Å²) in [5.74, 6) is -0.440. The van der Waals surface area contributed by atoms with Crippen LogP contribution in [0, 0.1) is 0 Å². The van der Waals surface area contributed by atoms with Gasteiger partial charge in [0, 0.05) is 6.08 Å². The van der Waals surface area contributed by atoms with Crippen molar-refractivity contribution in [3.63, 3.8) is 0 Å². The summed E-state index contributed by atoms with van der Waals surface area (Å²) >= 11 is 0. The number of carbonyl (C=O) groups is 1. The van der Waals surface area contributed by atoms with Crippen molar-refractivity contribution in [3.8, 4) is 0 Å². The Morgan fingerprint density at radius 1 is 1.44 bits per heavy atom. The molecule has 0 radical (unpaired) electrons. The van der Waals surface area contributed by atoms with E-state index in [-0.39, 0.29) is 0 Å². The minimum atomic E-state index is -0.440. The lowest BCUT2D eigenvalue weighted by Gasteiger charge is -1.86. The van der Waals surface area contributed by atoms with Crippen LogP contribution in [0.15, 0.2) is 37.6 Å². The van der Waals surface area contributed by atoms with Gasteiger partial charge < -0.3 is 4.74 Å². The molecule has 0 rings (SSSR count). The molecule has 0 aromatic rings. The molecule has 0 aliphatic rings. The highest BCUT2D eigenvalue weighted by atomic mass is 16.5. The third-order valence-corrected chi connectivity index (χ3v) is 0.568. The van der Waals surface area contributed by atoms with Gasteiger partial charge in [-0.25, -0.2) is 4.79 Å². The number of hydrogen-bond acceptors (Lipinski definition) is 2. The Morgan fingerprint density at radius 3 is 2.56 bits per heavy atom. The molecule has 2 heteroatoms. The molecule has 0 heterocycles. The van der Waals surface area contributed by atoms with Crippen molar-refractivity contribution in [1.29, 1.82) is 0 Å². The topological polar surface area (TPSA) is 26.3 Å². The molecule has 0 bridgehead atoms. The lowest BCUT2D eigenvalue weighted by molar-refractivity contribution is -0.132.